The summed E-state index contributed by atoms with van der Waals surface area (Å²) in [5.41, 5.74) is 1.55. The average Bonchev–Trinajstić information content (AvgIpc) is 2.53. The topological polar surface area (TPSA) is 66.8 Å². The van der Waals surface area contributed by atoms with E-state index in [2.05, 4.69) is 0 Å². The van der Waals surface area contributed by atoms with E-state index in [9.17, 15) is 14.7 Å². The van der Waals surface area contributed by atoms with Crippen molar-refractivity contribution < 1.29 is 19.4 Å². The van der Waals surface area contributed by atoms with Crippen LogP contribution in [-0.2, 0) is 16.1 Å². The van der Waals surface area contributed by atoms with Crippen LogP contribution in [0.4, 0.5) is 0 Å². The highest BCUT2D eigenvalue weighted by Crippen LogP contribution is 2.20. The fourth-order valence-corrected chi connectivity index (χ4v) is 2.72. The quantitative estimate of drug-likeness (QED) is 0.819. The Morgan fingerprint density at radius 1 is 1.27 bits per heavy atom. The first-order valence-corrected chi connectivity index (χ1v) is 7.84. The molecule has 1 atom stereocenters. The van der Waals surface area contributed by atoms with Gasteiger partial charge in [-0.05, 0) is 43.5 Å². The summed E-state index contributed by atoms with van der Waals surface area (Å²) in [7, 11) is 0. The second-order valence-corrected chi connectivity index (χ2v) is 5.65. The number of carbonyl (C=O) groups is 2. The van der Waals surface area contributed by atoms with Gasteiger partial charge in [-0.2, -0.15) is 0 Å². The van der Waals surface area contributed by atoms with Crippen molar-refractivity contribution in [3.63, 3.8) is 0 Å². The highest BCUT2D eigenvalue weighted by molar-refractivity contribution is 5.89. The Bertz CT molecular complexity index is 512. The third-order valence-corrected chi connectivity index (χ3v) is 3.91. The Labute approximate surface area is 130 Å². The molecule has 0 bridgehead atoms. The summed E-state index contributed by atoms with van der Waals surface area (Å²) in [6.07, 6.45) is 3.51. The van der Waals surface area contributed by atoms with Crippen LogP contribution >= 0.6 is 0 Å². The molecule has 1 aromatic rings. The number of ether oxygens (including phenoxy) is 1. The Morgan fingerprint density at radius 3 is 2.64 bits per heavy atom. The second-order valence-electron chi connectivity index (χ2n) is 5.65. The van der Waals surface area contributed by atoms with E-state index in [1.165, 1.54) is 0 Å². The molecule has 0 radical (unpaired) electrons. The predicted octanol–water partition coefficient (Wildman–Crippen LogP) is 2.69. The summed E-state index contributed by atoms with van der Waals surface area (Å²) >= 11 is 0. The van der Waals surface area contributed by atoms with E-state index in [0.29, 0.717) is 25.1 Å². The third-order valence-electron chi connectivity index (χ3n) is 3.91. The molecule has 1 aliphatic rings. The first-order chi connectivity index (χ1) is 10.6. The molecule has 0 aromatic heterocycles. The van der Waals surface area contributed by atoms with Crippen molar-refractivity contribution in [1.29, 1.82) is 0 Å². The monoisotopic (exact) mass is 305 g/mol. The molecule has 1 heterocycles. The summed E-state index contributed by atoms with van der Waals surface area (Å²) in [5.74, 6) is -1.06. The fraction of sp³-hybridized carbons (Fsp3) is 0.529. The van der Waals surface area contributed by atoms with Crippen molar-refractivity contribution >= 4 is 11.9 Å². The average molecular weight is 305 g/mol. The Hall–Kier alpha value is -1.88. The third kappa shape index (κ3) is 4.31. The lowest BCUT2D eigenvalue weighted by atomic mass is 10.0. The first kappa shape index (κ1) is 16.5. The smallest absolute Gasteiger partial charge is 0.338 e. The van der Waals surface area contributed by atoms with Gasteiger partial charge in [0, 0.05) is 6.54 Å². The molecule has 0 saturated carbocycles. The second kappa shape index (κ2) is 7.94. The molecule has 0 amide bonds. The standard InChI is InChI=1S/C17H23NO4/c1-2-11-22-17(21)14-8-6-13(7-9-14)12-18-10-4-3-5-15(18)16(19)20/h6-9,15H,2-5,10-12H2,1H3,(H,19,20). The van der Waals surface area contributed by atoms with Crippen LogP contribution in [0.2, 0.25) is 0 Å². The van der Waals surface area contributed by atoms with Crippen molar-refractivity contribution in [3.8, 4) is 0 Å². The highest BCUT2D eigenvalue weighted by Gasteiger charge is 2.28. The molecule has 1 saturated heterocycles. The number of hydrogen-bond donors (Lipinski definition) is 1. The number of benzene rings is 1. The highest BCUT2D eigenvalue weighted by atomic mass is 16.5. The lowest BCUT2D eigenvalue weighted by Crippen LogP contribution is -2.43. The molecule has 1 fully saturated rings. The first-order valence-electron chi connectivity index (χ1n) is 7.84. The van der Waals surface area contributed by atoms with Crippen molar-refractivity contribution in [2.24, 2.45) is 0 Å². The van der Waals surface area contributed by atoms with Crippen molar-refractivity contribution in [2.75, 3.05) is 13.2 Å². The summed E-state index contributed by atoms with van der Waals surface area (Å²) in [6, 6.07) is 6.83. The molecule has 5 nitrogen and oxygen atoms in total. The minimum absolute atomic E-state index is 0.310. The summed E-state index contributed by atoms with van der Waals surface area (Å²) in [5, 5.41) is 9.28. The molecule has 5 heteroatoms. The van der Waals surface area contributed by atoms with Gasteiger partial charge in [-0.3, -0.25) is 9.69 Å². The fourth-order valence-electron chi connectivity index (χ4n) is 2.72. The van der Waals surface area contributed by atoms with E-state index in [4.69, 9.17) is 4.74 Å². The zero-order valence-electron chi connectivity index (χ0n) is 13.0. The Morgan fingerprint density at radius 2 is 2.00 bits per heavy atom. The van der Waals surface area contributed by atoms with Gasteiger partial charge in [-0.25, -0.2) is 4.79 Å². The van der Waals surface area contributed by atoms with E-state index >= 15 is 0 Å². The number of aliphatic carboxylic acids is 1. The molecular weight excluding hydrogens is 282 g/mol. The van der Waals surface area contributed by atoms with E-state index < -0.39 is 12.0 Å². The van der Waals surface area contributed by atoms with E-state index in [-0.39, 0.29) is 5.97 Å². The van der Waals surface area contributed by atoms with Crippen LogP contribution in [0.5, 0.6) is 0 Å². The van der Waals surface area contributed by atoms with Crippen LogP contribution in [0.1, 0.15) is 48.5 Å². The lowest BCUT2D eigenvalue weighted by molar-refractivity contribution is -0.144. The Kier molecular flexibility index (Phi) is 5.95. The maximum absolute atomic E-state index is 11.7. The van der Waals surface area contributed by atoms with Gasteiger partial charge in [0.05, 0.1) is 12.2 Å². The number of piperidine rings is 1. The van der Waals surface area contributed by atoms with Gasteiger partial charge in [0.15, 0.2) is 0 Å². The number of likely N-dealkylation sites (tertiary alicyclic amines) is 1. The van der Waals surface area contributed by atoms with Gasteiger partial charge < -0.3 is 9.84 Å². The minimum atomic E-state index is -0.750. The molecule has 1 aromatic carbocycles. The van der Waals surface area contributed by atoms with Gasteiger partial charge in [-0.15, -0.1) is 0 Å². The molecule has 0 aliphatic carbocycles. The number of carboxylic acids is 1. The number of rotatable bonds is 6. The molecule has 0 spiro atoms. The van der Waals surface area contributed by atoms with Crippen LogP contribution in [0.25, 0.3) is 0 Å². The van der Waals surface area contributed by atoms with Crippen LogP contribution < -0.4 is 0 Å². The van der Waals surface area contributed by atoms with E-state index in [1.807, 2.05) is 24.0 Å². The maximum atomic E-state index is 11.7. The number of hydrogen-bond acceptors (Lipinski definition) is 4. The summed E-state index contributed by atoms with van der Waals surface area (Å²) in [6.45, 7) is 3.78. The largest absolute Gasteiger partial charge is 0.480 e. The van der Waals surface area contributed by atoms with Gasteiger partial charge in [0.2, 0.25) is 0 Å². The maximum Gasteiger partial charge on any atom is 0.338 e. The zero-order chi connectivity index (χ0) is 15.9. The van der Waals surface area contributed by atoms with Gasteiger partial charge in [-0.1, -0.05) is 25.5 Å². The van der Waals surface area contributed by atoms with Gasteiger partial charge in [0.1, 0.15) is 6.04 Å². The summed E-state index contributed by atoms with van der Waals surface area (Å²) < 4.78 is 5.09. The van der Waals surface area contributed by atoms with E-state index in [0.717, 1.165) is 31.4 Å². The van der Waals surface area contributed by atoms with Crippen LogP contribution in [0, 0.1) is 0 Å². The summed E-state index contributed by atoms with van der Waals surface area (Å²) in [4.78, 5) is 25.0. The molecule has 120 valence electrons. The number of carboxylic acid groups (broad SMARTS) is 1. The molecule has 2 rings (SSSR count). The van der Waals surface area contributed by atoms with Crippen LogP contribution in [0.15, 0.2) is 24.3 Å². The van der Waals surface area contributed by atoms with Crippen molar-refractivity contribution in [2.45, 2.75) is 45.2 Å². The van der Waals surface area contributed by atoms with E-state index in [1.54, 1.807) is 12.1 Å². The molecule has 1 aliphatic heterocycles. The molecule has 1 unspecified atom stereocenters. The van der Waals surface area contributed by atoms with Crippen molar-refractivity contribution in [1.82, 2.24) is 4.90 Å². The predicted molar refractivity (Wildman–Crippen MR) is 82.7 cm³/mol. The molecular formula is C17H23NO4. The van der Waals surface area contributed by atoms with Gasteiger partial charge >= 0.3 is 11.9 Å². The SMILES string of the molecule is CCCOC(=O)c1ccc(CN2CCCCC2C(=O)O)cc1. The van der Waals surface area contributed by atoms with Crippen molar-refractivity contribution in [3.05, 3.63) is 35.4 Å². The number of nitrogens with zero attached hydrogens (tertiary/aromatic N) is 1. The molecule has 22 heavy (non-hydrogen) atoms. The zero-order valence-corrected chi connectivity index (χ0v) is 13.0. The number of carbonyl (C=O) groups excluding carboxylic acids is 1. The number of esters is 1. The normalized spacial score (nSPS) is 18.9. The van der Waals surface area contributed by atoms with Crippen LogP contribution in [-0.4, -0.2) is 41.1 Å². The minimum Gasteiger partial charge on any atom is -0.480 e. The van der Waals surface area contributed by atoms with Gasteiger partial charge in [0.25, 0.3) is 0 Å². The van der Waals surface area contributed by atoms with Crippen LogP contribution in [0.3, 0.4) is 0 Å². The lowest BCUT2D eigenvalue weighted by Gasteiger charge is -2.32. The Balaban J connectivity index is 1.98. The molecule has 1 N–H and O–H groups in total.